The standard InChI is InChI=1S/C13H14ClN3O2S/c1-2-3-12-16-17-13(19-12)20-8-11(18)15-10-6-4-9(14)5-7-10/h4-7H,2-3,8H2,1H3,(H,15,18). The molecule has 1 heterocycles. The van der Waals surface area contributed by atoms with E-state index in [1.807, 2.05) is 6.92 Å². The van der Waals surface area contributed by atoms with Gasteiger partial charge in [-0.05, 0) is 30.7 Å². The van der Waals surface area contributed by atoms with Crippen molar-refractivity contribution in [3.8, 4) is 0 Å². The summed E-state index contributed by atoms with van der Waals surface area (Å²) in [4.78, 5) is 11.7. The van der Waals surface area contributed by atoms with Crippen LogP contribution in [0.3, 0.4) is 0 Å². The van der Waals surface area contributed by atoms with E-state index in [0.29, 0.717) is 21.8 Å². The quantitative estimate of drug-likeness (QED) is 0.828. The Morgan fingerprint density at radius 3 is 2.80 bits per heavy atom. The number of carbonyl (C=O) groups excluding carboxylic acids is 1. The summed E-state index contributed by atoms with van der Waals surface area (Å²) in [6.07, 6.45) is 1.70. The van der Waals surface area contributed by atoms with Gasteiger partial charge in [0.05, 0.1) is 5.75 Å². The van der Waals surface area contributed by atoms with Gasteiger partial charge in [0.25, 0.3) is 5.22 Å². The number of anilines is 1. The van der Waals surface area contributed by atoms with E-state index >= 15 is 0 Å². The molecule has 106 valence electrons. The molecule has 0 aliphatic carbocycles. The molecular weight excluding hydrogens is 298 g/mol. The van der Waals surface area contributed by atoms with E-state index in [0.717, 1.165) is 12.8 Å². The molecule has 0 bridgehead atoms. The van der Waals surface area contributed by atoms with Crippen molar-refractivity contribution in [3.63, 3.8) is 0 Å². The molecule has 20 heavy (non-hydrogen) atoms. The molecule has 1 N–H and O–H groups in total. The van der Waals surface area contributed by atoms with E-state index in [1.165, 1.54) is 11.8 Å². The highest BCUT2D eigenvalue weighted by atomic mass is 35.5. The molecule has 0 radical (unpaired) electrons. The predicted molar refractivity (Wildman–Crippen MR) is 79.1 cm³/mol. The number of hydrogen-bond donors (Lipinski definition) is 1. The van der Waals surface area contributed by atoms with Crippen molar-refractivity contribution >= 4 is 35.0 Å². The molecule has 0 saturated heterocycles. The number of carbonyl (C=O) groups is 1. The maximum Gasteiger partial charge on any atom is 0.277 e. The van der Waals surface area contributed by atoms with Crippen molar-refractivity contribution in [3.05, 3.63) is 35.2 Å². The molecule has 0 fully saturated rings. The number of amides is 1. The van der Waals surface area contributed by atoms with Crippen LogP contribution in [0.4, 0.5) is 5.69 Å². The normalized spacial score (nSPS) is 10.5. The average Bonchev–Trinajstić information content (AvgIpc) is 2.87. The van der Waals surface area contributed by atoms with Gasteiger partial charge in [-0.15, -0.1) is 10.2 Å². The first-order valence-electron chi connectivity index (χ1n) is 6.18. The fourth-order valence-electron chi connectivity index (χ4n) is 1.47. The van der Waals surface area contributed by atoms with E-state index in [-0.39, 0.29) is 11.7 Å². The van der Waals surface area contributed by atoms with Crippen LogP contribution in [0.1, 0.15) is 19.2 Å². The van der Waals surface area contributed by atoms with E-state index < -0.39 is 0 Å². The summed E-state index contributed by atoms with van der Waals surface area (Å²) in [6.45, 7) is 2.04. The zero-order chi connectivity index (χ0) is 14.4. The number of benzene rings is 1. The minimum absolute atomic E-state index is 0.132. The highest BCUT2D eigenvalue weighted by molar-refractivity contribution is 7.99. The molecule has 0 aliphatic heterocycles. The second-order valence-electron chi connectivity index (χ2n) is 4.06. The molecule has 5 nitrogen and oxygen atoms in total. The number of nitrogens with one attached hydrogen (secondary N) is 1. The number of halogens is 1. The lowest BCUT2D eigenvalue weighted by atomic mass is 10.3. The Balaban J connectivity index is 1.80. The molecule has 1 aromatic carbocycles. The number of nitrogens with zero attached hydrogens (tertiary/aromatic N) is 2. The summed E-state index contributed by atoms with van der Waals surface area (Å²) in [5.41, 5.74) is 0.706. The molecular formula is C13H14ClN3O2S. The van der Waals surface area contributed by atoms with Gasteiger partial charge in [-0.2, -0.15) is 0 Å². The predicted octanol–water partition coefficient (Wildman–Crippen LogP) is 3.41. The van der Waals surface area contributed by atoms with Crippen LogP contribution < -0.4 is 5.32 Å². The molecule has 0 atom stereocenters. The largest absolute Gasteiger partial charge is 0.416 e. The summed E-state index contributed by atoms with van der Waals surface area (Å²) in [6, 6.07) is 6.94. The Labute approximate surface area is 126 Å². The number of hydrogen-bond acceptors (Lipinski definition) is 5. The lowest BCUT2D eigenvalue weighted by Crippen LogP contribution is -2.13. The second kappa shape index (κ2) is 7.31. The first kappa shape index (κ1) is 14.9. The monoisotopic (exact) mass is 311 g/mol. The average molecular weight is 312 g/mol. The van der Waals surface area contributed by atoms with Crippen molar-refractivity contribution in [2.75, 3.05) is 11.1 Å². The van der Waals surface area contributed by atoms with Gasteiger partial charge in [0.15, 0.2) is 0 Å². The van der Waals surface area contributed by atoms with E-state index in [1.54, 1.807) is 24.3 Å². The Kier molecular flexibility index (Phi) is 5.43. The third kappa shape index (κ3) is 4.54. The highest BCUT2D eigenvalue weighted by Gasteiger charge is 2.09. The second-order valence-corrected chi connectivity index (χ2v) is 5.42. The van der Waals surface area contributed by atoms with Crippen LogP contribution in [0.2, 0.25) is 5.02 Å². The van der Waals surface area contributed by atoms with Crippen LogP contribution >= 0.6 is 23.4 Å². The van der Waals surface area contributed by atoms with Crippen LogP contribution in [0, 0.1) is 0 Å². The Hall–Kier alpha value is -1.53. The fourth-order valence-corrected chi connectivity index (χ4v) is 2.18. The number of thioether (sulfide) groups is 1. The maximum absolute atomic E-state index is 11.7. The first-order valence-corrected chi connectivity index (χ1v) is 7.54. The van der Waals surface area contributed by atoms with E-state index in [9.17, 15) is 4.79 Å². The van der Waals surface area contributed by atoms with Gasteiger partial charge in [-0.1, -0.05) is 30.3 Å². The molecule has 2 rings (SSSR count). The third-order valence-electron chi connectivity index (χ3n) is 2.37. The fraction of sp³-hybridized carbons (Fsp3) is 0.308. The van der Waals surface area contributed by atoms with Crippen LogP contribution in [-0.4, -0.2) is 21.9 Å². The SMILES string of the molecule is CCCc1nnc(SCC(=O)Nc2ccc(Cl)cc2)o1. The van der Waals surface area contributed by atoms with Crippen molar-refractivity contribution in [1.82, 2.24) is 10.2 Å². The Bertz CT molecular complexity index is 571. The molecule has 2 aromatic rings. The van der Waals surface area contributed by atoms with Crippen molar-refractivity contribution in [1.29, 1.82) is 0 Å². The Morgan fingerprint density at radius 1 is 1.35 bits per heavy atom. The molecule has 0 saturated carbocycles. The molecule has 1 aromatic heterocycles. The van der Waals surface area contributed by atoms with Gasteiger partial charge in [0.1, 0.15) is 0 Å². The van der Waals surface area contributed by atoms with E-state index in [2.05, 4.69) is 15.5 Å². The zero-order valence-electron chi connectivity index (χ0n) is 10.9. The lowest BCUT2D eigenvalue weighted by molar-refractivity contribution is -0.113. The maximum atomic E-state index is 11.7. The number of aryl methyl sites for hydroxylation is 1. The molecule has 7 heteroatoms. The number of rotatable bonds is 6. The Morgan fingerprint density at radius 2 is 2.10 bits per heavy atom. The van der Waals surface area contributed by atoms with Crippen LogP contribution in [0.15, 0.2) is 33.9 Å². The summed E-state index contributed by atoms with van der Waals surface area (Å²) in [7, 11) is 0. The first-order chi connectivity index (χ1) is 9.67. The van der Waals surface area contributed by atoms with Gasteiger partial charge < -0.3 is 9.73 Å². The van der Waals surface area contributed by atoms with Gasteiger partial charge in [-0.25, -0.2) is 0 Å². The number of aromatic nitrogens is 2. The van der Waals surface area contributed by atoms with Crippen LogP contribution in [0.25, 0.3) is 0 Å². The van der Waals surface area contributed by atoms with Gasteiger partial charge in [0, 0.05) is 17.1 Å². The summed E-state index contributed by atoms with van der Waals surface area (Å²) in [5.74, 6) is 0.691. The molecule has 1 amide bonds. The van der Waals surface area contributed by atoms with Crippen molar-refractivity contribution in [2.24, 2.45) is 0 Å². The molecule has 0 spiro atoms. The van der Waals surface area contributed by atoms with Gasteiger partial charge >= 0.3 is 0 Å². The molecule has 0 unspecified atom stereocenters. The van der Waals surface area contributed by atoms with Gasteiger partial charge in [0.2, 0.25) is 11.8 Å². The highest BCUT2D eigenvalue weighted by Crippen LogP contribution is 2.18. The van der Waals surface area contributed by atoms with Crippen molar-refractivity contribution < 1.29 is 9.21 Å². The third-order valence-corrected chi connectivity index (χ3v) is 3.44. The summed E-state index contributed by atoms with van der Waals surface area (Å²) < 4.78 is 5.38. The minimum atomic E-state index is -0.132. The lowest BCUT2D eigenvalue weighted by Gasteiger charge is -2.03. The summed E-state index contributed by atoms with van der Waals surface area (Å²) in [5, 5.41) is 11.6. The summed E-state index contributed by atoms with van der Waals surface area (Å²) >= 11 is 6.99. The smallest absolute Gasteiger partial charge is 0.277 e. The van der Waals surface area contributed by atoms with E-state index in [4.69, 9.17) is 16.0 Å². The molecule has 0 aliphatic rings. The van der Waals surface area contributed by atoms with Crippen LogP contribution in [-0.2, 0) is 11.2 Å². The zero-order valence-corrected chi connectivity index (χ0v) is 12.5. The van der Waals surface area contributed by atoms with Gasteiger partial charge in [-0.3, -0.25) is 4.79 Å². The van der Waals surface area contributed by atoms with Crippen molar-refractivity contribution in [2.45, 2.75) is 25.0 Å². The minimum Gasteiger partial charge on any atom is -0.416 e. The topological polar surface area (TPSA) is 68.0 Å². The van der Waals surface area contributed by atoms with Crippen LogP contribution in [0.5, 0.6) is 0 Å².